The molecule has 0 heterocycles. The topological polar surface area (TPSA) is 29.5 Å². The Kier molecular flexibility index (Phi) is 5.01. The molecule has 1 unspecified atom stereocenters. The summed E-state index contributed by atoms with van der Waals surface area (Å²) in [5.41, 5.74) is 2.38. The van der Waals surface area contributed by atoms with Crippen LogP contribution < -0.4 is 4.74 Å². The second-order valence-corrected chi connectivity index (χ2v) is 5.30. The Labute approximate surface area is 105 Å². The molecule has 0 saturated heterocycles. The highest BCUT2D eigenvalue weighted by Gasteiger charge is 2.11. The van der Waals surface area contributed by atoms with Crippen LogP contribution in [0.25, 0.3) is 0 Å². The Morgan fingerprint density at radius 3 is 2.35 bits per heavy atom. The van der Waals surface area contributed by atoms with Gasteiger partial charge in [-0.25, -0.2) is 0 Å². The summed E-state index contributed by atoms with van der Waals surface area (Å²) in [4.78, 5) is 0. The van der Waals surface area contributed by atoms with E-state index in [0.29, 0.717) is 12.5 Å². The molecule has 1 aromatic carbocycles. The molecule has 0 radical (unpaired) electrons. The molecule has 0 saturated carbocycles. The molecule has 17 heavy (non-hydrogen) atoms. The van der Waals surface area contributed by atoms with E-state index in [2.05, 4.69) is 32.0 Å². The van der Waals surface area contributed by atoms with Crippen molar-refractivity contribution < 1.29 is 9.84 Å². The van der Waals surface area contributed by atoms with Gasteiger partial charge in [0.15, 0.2) is 0 Å². The lowest BCUT2D eigenvalue weighted by atomic mass is 10.0. The first-order chi connectivity index (χ1) is 7.91. The fourth-order valence-corrected chi connectivity index (χ4v) is 1.50. The van der Waals surface area contributed by atoms with Gasteiger partial charge in [0.25, 0.3) is 0 Å². The largest absolute Gasteiger partial charge is 0.491 e. The molecule has 1 rings (SSSR count). The summed E-state index contributed by atoms with van der Waals surface area (Å²) in [7, 11) is 0. The normalized spacial score (nSPS) is 13.2. The van der Waals surface area contributed by atoms with Gasteiger partial charge >= 0.3 is 0 Å². The molecule has 0 aliphatic rings. The van der Waals surface area contributed by atoms with E-state index in [9.17, 15) is 5.11 Å². The van der Waals surface area contributed by atoms with Gasteiger partial charge < -0.3 is 9.84 Å². The monoisotopic (exact) mass is 236 g/mol. The highest BCUT2D eigenvalue weighted by molar-refractivity contribution is 5.37. The molecule has 0 aromatic heterocycles. The van der Waals surface area contributed by atoms with Crippen LogP contribution in [0.15, 0.2) is 18.2 Å². The molecule has 0 spiro atoms. The van der Waals surface area contributed by atoms with E-state index in [1.54, 1.807) is 0 Å². The molecule has 1 aromatic rings. The number of aryl methyl sites for hydroxylation is 1. The zero-order chi connectivity index (χ0) is 13.0. The van der Waals surface area contributed by atoms with Crippen LogP contribution in [0.3, 0.4) is 0 Å². The summed E-state index contributed by atoms with van der Waals surface area (Å²) in [6, 6.07) is 6.28. The minimum absolute atomic E-state index is 0.226. The fourth-order valence-electron chi connectivity index (χ4n) is 1.50. The van der Waals surface area contributed by atoms with Crippen LogP contribution in [-0.4, -0.2) is 17.8 Å². The quantitative estimate of drug-likeness (QED) is 0.847. The third-order valence-electron chi connectivity index (χ3n) is 3.06. The molecule has 2 nitrogen and oxygen atoms in total. The van der Waals surface area contributed by atoms with Crippen molar-refractivity contribution in [1.29, 1.82) is 0 Å². The van der Waals surface area contributed by atoms with E-state index in [1.807, 2.05) is 20.8 Å². The van der Waals surface area contributed by atoms with Gasteiger partial charge in [-0.15, -0.1) is 0 Å². The predicted octanol–water partition coefficient (Wildman–Crippen LogP) is 3.51. The maximum Gasteiger partial charge on any atom is 0.122 e. The minimum Gasteiger partial charge on any atom is -0.491 e. The fraction of sp³-hybridized carbons (Fsp3) is 0.600. The summed E-state index contributed by atoms with van der Waals surface area (Å²) < 4.78 is 5.70. The van der Waals surface area contributed by atoms with Crippen molar-refractivity contribution in [1.82, 2.24) is 0 Å². The number of rotatable bonds is 5. The van der Waals surface area contributed by atoms with Crippen LogP contribution in [0.1, 0.15) is 44.7 Å². The molecule has 1 N–H and O–H groups in total. The molecule has 0 fully saturated rings. The molecule has 1 atom stereocenters. The minimum atomic E-state index is -0.405. The van der Waals surface area contributed by atoms with Crippen molar-refractivity contribution >= 4 is 0 Å². The molecule has 0 aliphatic heterocycles. The number of aliphatic hydroxyl groups is 1. The Morgan fingerprint density at radius 1 is 1.18 bits per heavy atom. The number of benzene rings is 1. The Hall–Kier alpha value is -1.02. The van der Waals surface area contributed by atoms with Crippen molar-refractivity contribution in [3.63, 3.8) is 0 Å². The summed E-state index contributed by atoms with van der Waals surface area (Å²) in [6.07, 6.45) is -0.405. The van der Waals surface area contributed by atoms with Crippen LogP contribution in [0.5, 0.6) is 5.75 Å². The first-order valence-electron chi connectivity index (χ1n) is 6.33. The second-order valence-electron chi connectivity index (χ2n) is 5.30. The average Bonchev–Trinajstić information content (AvgIpc) is 2.26. The number of hydrogen-bond donors (Lipinski definition) is 1. The van der Waals surface area contributed by atoms with Gasteiger partial charge in [0.05, 0.1) is 6.10 Å². The van der Waals surface area contributed by atoms with E-state index in [-0.39, 0.29) is 5.92 Å². The van der Waals surface area contributed by atoms with Crippen LogP contribution in [0.2, 0.25) is 0 Å². The van der Waals surface area contributed by atoms with Crippen LogP contribution in [0, 0.1) is 12.8 Å². The molecular formula is C15H24O2. The summed E-state index contributed by atoms with van der Waals surface area (Å²) in [5.74, 6) is 1.60. The third kappa shape index (κ3) is 4.04. The van der Waals surface area contributed by atoms with Crippen LogP contribution in [0.4, 0.5) is 0 Å². The lowest BCUT2D eigenvalue weighted by molar-refractivity contribution is 0.0698. The lowest BCUT2D eigenvalue weighted by Crippen LogP contribution is -2.23. The van der Waals surface area contributed by atoms with Gasteiger partial charge in [0, 0.05) is 0 Å². The highest BCUT2D eigenvalue weighted by Crippen LogP contribution is 2.24. The van der Waals surface area contributed by atoms with Gasteiger partial charge in [-0.2, -0.15) is 0 Å². The van der Waals surface area contributed by atoms with Crippen molar-refractivity contribution in [3.05, 3.63) is 29.3 Å². The van der Waals surface area contributed by atoms with E-state index in [1.165, 1.54) is 5.56 Å². The first-order valence-corrected chi connectivity index (χ1v) is 6.33. The molecule has 2 heteroatoms. The van der Waals surface area contributed by atoms with E-state index in [4.69, 9.17) is 4.74 Å². The predicted molar refractivity (Wildman–Crippen MR) is 71.6 cm³/mol. The maximum absolute atomic E-state index is 9.73. The third-order valence-corrected chi connectivity index (χ3v) is 3.06. The number of ether oxygens (including phenoxy) is 1. The molecule has 0 bridgehead atoms. The molecule has 0 amide bonds. The Morgan fingerprint density at radius 2 is 1.82 bits per heavy atom. The van der Waals surface area contributed by atoms with Gasteiger partial charge in [-0.3, -0.25) is 0 Å². The first kappa shape index (κ1) is 14.0. The van der Waals surface area contributed by atoms with Crippen molar-refractivity contribution in [2.24, 2.45) is 5.92 Å². The standard InChI is InChI=1S/C15H24O2/c1-10(2)13-7-6-12(5)15(8-13)17-9-14(16)11(3)4/h6-8,10-11,14,16H,9H2,1-5H3. The zero-order valence-corrected chi connectivity index (χ0v) is 11.5. The number of hydrogen-bond acceptors (Lipinski definition) is 2. The SMILES string of the molecule is Cc1ccc(C(C)C)cc1OCC(O)C(C)C. The highest BCUT2D eigenvalue weighted by atomic mass is 16.5. The van der Waals surface area contributed by atoms with E-state index in [0.717, 1.165) is 11.3 Å². The zero-order valence-electron chi connectivity index (χ0n) is 11.5. The van der Waals surface area contributed by atoms with Crippen molar-refractivity contribution in [2.45, 2.75) is 46.6 Å². The molecule has 0 aliphatic carbocycles. The lowest BCUT2D eigenvalue weighted by Gasteiger charge is -2.17. The van der Waals surface area contributed by atoms with Gasteiger partial charge in [-0.1, -0.05) is 39.8 Å². The maximum atomic E-state index is 9.73. The molecular weight excluding hydrogens is 212 g/mol. The van der Waals surface area contributed by atoms with Crippen molar-refractivity contribution in [3.8, 4) is 5.75 Å². The van der Waals surface area contributed by atoms with Crippen LogP contribution in [-0.2, 0) is 0 Å². The van der Waals surface area contributed by atoms with Gasteiger partial charge in [0.1, 0.15) is 12.4 Å². The summed E-state index contributed by atoms with van der Waals surface area (Å²) in [5, 5.41) is 9.73. The van der Waals surface area contributed by atoms with Gasteiger partial charge in [-0.05, 0) is 36.0 Å². The second kappa shape index (κ2) is 6.06. The number of aliphatic hydroxyl groups excluding tert-OH is 1. The van der Waals surface area contributed by atoms with E-state index < -0.39 is 6.10 Å². The van der Waals surface area contributed by atoms with Gasteiger partial charge in [0.2, 0.25) is 0 Å². The van der Waals surface area contributed by atoms with E-state index >= 15 is 0 Å². The molecule has 96 valence electrons. The Balaban J connectivity index is 2.73. The Bertz CT molecular complexity index is 356. The summed E-state index contributed by atoms with van der Waals surface area (Å²) in [6.45, 7) is 10.7. The smallest absolute Gasteiger partial charge is 0.122 e. The average molecular weight is 236 g/mol. The van der Waals surface area contributed by atoms with Crippen molar-refractivity contribution in [2.75, 3.05) is 6.61 Å². The summed E-state index contributed by atoms with van der Waals surface area (Å²) >= 11 is 0. The van der Waals surface area contributed by atoms with Crippen LogP contribution >= 0.6 is 0 Å².